The lowest BCUT2D eigenvalue weighted by atomic mass is 9.81. The van der Waals surface area contributed by atoms with Crippen LogP contribution in [-0.4, -0.2) is 37.1 Å². The van der Waals surface area contributed by atoms with E-state index in [2.05, 4.69) is 24.2 Å². The minimum absolute atomic E-state index is 0.774. The van der Waals surface area contributed by atoms with Gasteiger partial charge in [-0.05, 0) is 45.2 Å². The Morgan fingerprint density at radius 2 is 2.00 bits per heavy atom. The summed E-state index contributed by atoms with van der Waals surface area (Å²) in [5.41, 5.74) is 0. The van der Waals surface area contributed by atoms with Crippen molar-refractivity contribution in [1.82, 2.24) is 10.2 Å². The summed E-state index contributed by atoms with van der Waals surface area (Å²) in [6.07, 6.45) is 5.56. The molecule has 0 bridgehead atoms. The van der Waals surface area contributed by atoms with Gasteiger partial charge in [0.2, 0.25) is 0 Å². The van der Waals surface area contributed by atoms with E-state index >= 15 is 0 Å². The summed E-state index contributed by atoms with van der Waals surface area (Å²) >= 11 is 0. The van der Waals surface area contributed by atoms with E-state index in [0.717, 1.165) is 18.0 Å². The van der Waals surface area contributed by atoms with E-state index in [1.165, 1.54) is 38.8 Å². The predicted octanol–water partition coefficient (Wildman–Crippen LogP) is 1.47. The quantitative estimate of drug-likeness (QED) is 0.695. The standard InChI is InChI=1S/C11H22N2/c1-9-6-11(7-9)12-10-4-3-5-13(2)8-10/h9-12H,3-8H2,1-2H3. The van der Waals surface area contributed by atoms with Crippen LogP contribution in [0.25, 0.3) is 0 Å². The van der Waals surface area contributed by atoms with E-state index in [0.29, 0.717) is 0 Å². The first-order valence-corrected chi connectivity index (χ1v) is 5.68. The summed E-state index contributed by atoms with van der Waals surface area (Å²) in [6, 6.07) is 1.61. The van der Waals surface area contributed by atoms with Crippen LogP contribution in [0.3, 0.4) is 0 Å². The average molecular weight is 182 g/mol. The van der Waals surface area contributed by atoms with Crippen molar-refractivity contribution >= 4 is 0 Å². The normalized spacial score (nSPS) is 41.5. The molecule has 0 spiro atoms. The van der Waals surface area contributed by atoms with Gasteiger partial charge < -0.3 is 10.2 Å². The first-order chi connectivity index (χ1) is 6.24. The molecule has 1 saturated heterocycles. The van der Waals surface area contributed by atoms with E-state index in [-0.39, 0.29) is 0 Å². The number of nitrogens with one attached hydrogen (secondary N) is 1. The lowest BCUT2D eigenvalue weighted by Gasteiger charge is -2.39. The summed E-state index contributed by atoms with van der Waals surface area (Å²) in [6.45, 7) is 4.90. The highest BCUT2D eigenvalue weighted by Crippen LogP contribution is 2.27. The van der Waals surface area contributed by atoms with Crippen molar-refractivity contribution in [2.24, 2.45) is 5.92 Å². The molecule has 1 N–H and O–H groups in total. The monoisotopic (exact) mass is 182 g/mol. The smallest absolute Gasteiger partial charge is 0.0197 e. The highest BCUT2D eigenvalue weighted by atomic mass is 15.1. The van der Waals surface area contributed by atoms with Crippen LogP contribution in [0.1, 0.15) is 32.6 Å². The highest BCUT2D eigenvalue weighted by Gasteiger charge is 2.28. The molecule has 0 radical (unpaired) electrons. The molecule has 2 rings (SSSR count). The first kappa shape index (κ1) is 9.47. The van der Waals surface area contributed by atoms with E-state index in [1.807, 2.05) is 0 Å². The van der Waals surface area contributed by atoms with Gasteiger partial charge in [0.25, 0.3) is 0 Å². The predicted molar refractivity (Wildman–Crippen MR) is 55.8 cm³/mol. The zero-order chi connectivity index (χ0) is 9.26. The van der Waals surface area contributed by atoms with Crippen molar-refractivity contribution < 1.29 is 0 Å². The Labute approximate surface area is 81.7 Å². The van der Waals surface area contributed by atoms with Gasteiger partial charge in [-0.3, -0.25) is 0 Å². The lowest BCUT2D eigenvalue weighted by Crippen LogP contribution is -2.51. The van der Waals surface area contributed by atoms with Crippen LogP contribution < -0.4 is 5.32 Å². The zero-order valence-corrected chi connectivity index (χ0v) is 8.92. The molecule has 1 aliphatic carbocycles. The minimum Gasteiger partial charge on any atom is -0.310 e. The van der Waals surface area contributed by atoms with E-state index in [4.69, 9.17) is 0 Å². The molecule has 1 saturated carbocycles. The first-order valence-electron chi connectivity index (χ1n) is 5.68. The van der Waals surface area contributed by atoms with Crippen LogP contribution in [0.15, 0.2) is 0 Å². The van der Waals surface area contributed by atoms with Crippen LogP contribution >= 0.6 is 0 Å². The highest BCUT2D eigenvalue weighted by molar-refractivity contribution is 4.87. The second-order valence-electron chi connectivity index (χ2n) is 5.04. The van der Waals surface area contributed by atoms with Crippen molar-refractivity contribution in [1.29, 1.82) is 0 Å². The molecule has 0 aromatic heterocycles. The Morgan fingerprint density at radius 1 is 1.23 bits per heavy atom. The largest absolute Gasteiger partial charge is 0.310 e. The van der Waals surface area contributed by atoms with Crippen LogP contribution in [0.2, 0.25) is 0 Å². The molecule has 2 heteroatoms. The van der Waals surface area contributed by atoms with Crippen molar-refractivity contribution in [2.75, 3.05) is 20.1 Å². The molecular formula is C11H22N2. The van der Waals surface area contributed by atoms with Gasteiger partial charge in [0, 0.05) is 18.6 Å². The van der Waals surface area contributed by atoms with Gasteiger partial charge in [-0.15, -0.1) is 0 Å². The number of rotatable bonds is 2. The summed E-state index contributed by atoms with van der Waals surface area (Å²) in [5.74, 6) is 0.971. The molecule has 1 unspecified atom stereocenters. The molecule has 0 aromatic rings. The van der Waals surface area contributed by atoms with Crippen LogP contribution in [0.5, 0.6) is 0 Å². The van der Waals surface area contributed by atoms with Gasteiger partial charge in [-0.25, -0.2) is 0 Å². The second-order valence-corrected chi connectivity index (χ2v) is 5.04. The zero-order valence-electron chi connectivity index (χ0n) is 8.92. The molecule has 13 heavy (non-hydrogen) atoms. The van der Waals surface area contributed by atoms with E-state index in [1.54, 1.807) is 0 Å². The van der Waals surface area contributed by atoms with Crippen molar-refractivity contribution in [3.63, 3.8) is 0 Å². The van der Waals surface area contributed by atoms with Crippen LogP contribution in [-0.2, 0) is 0 Å². The van der Waals surface area contributed by atoms with Crippen molar-refractivity contribution in [2.45, 2.75) is 44.7 Å². The number of nitrogens with zero attached hydrogens (tertiary/aromatic N) is 1. The molecule has 1 atom stereocenters. The van der Waals surface area contributed by atoms with Gasteiger partial charge in [0.15, 0.2) is 0 Å². The van der Waals surface area contributed by atoms with Gasteiger partial charge in [0.1, 0.15) is 0 Å². The fourth-order valence-corrected chi connectivity index (χ4v) is 2.67. The summed E-state index contributed by atoms with van der Waals surface area (Å²) in [5, 5.41) is 3.77. The molecule has 1 heterocycles. The maximum atomic E-state index is 3.77. The molecule has 2 aliphatic rings. The number of hydrogen-bond acceptors (Lipinski definition) is 2. The molecular weight excluding hydrogens is 160 g/mol. The third kappa shape index (κ3) is 2.44. The van der Waals surface area contributed by atoms with E-state index in [9.17, 15) is 0 Å². The third-order valence-corrected chi connectivity index (χ3v) is 3.47. The Bertz CT molecular complexity index is 163. The molecule has 1 aliphatic heterocycles. The van der Waals surface area contributed by atoms with Crippen molar-refractivity contribution in [3.8, 4) is 0 Å². The summed E-state index contributed by atoms with van der Waals surface area (Å²) in [7, 11) is 2.23. The molecule has 0 amide bonds. The molecule has 2 nitrogen and oxygen atoms in total. The Hall–Kier alpha value is -0.0800. The van der Waals surface area contributed by atoms with Crippen molar-refractivity contribution in [3.05, 3.63) is 0 Å². The van der Waals surface area contributed by atoms with Crippen LogP contribution in [0.4, 0.5) is 0 Å². The van der Waals surface area contributed by atoms with Gasteiger partial charge in [0.05, 0.1) is 0 Å². The van der Waals surface area contributed by atoms with Gasteiger partial charge in [-0.2, -0.15) is 0 Å². The lowest BCUT2D eigenvalue weighted by molar-refractivity contribution is 0.168. The number of likely N-dealkylation sites (N-methyl/N-ethyl adjacent to an activating group) is 1. The maximum Gasteiger partial charge on any atom is 0.0197 e. The maximum absolute atomic E-state index is 3.77. The number of likely N-dealkylation sites (tertiary alicyclic amines) is 1. The fraction of sp³-hybridized carbons (Fsp3) is 1.00. The van der Waals surface area contributed by atoms with Gasteiger partial charge >= 0.3 is 0 Å². The molecule has 2 fully saturated rings. The number of piperidine rings is 1. The molecule has 0 aromatic carbocycles. The average Bonchev–Trinajstić information content (AvgIpc) is 2.01. The Balaban J connectivity index is 1.69. The SMILES string of the molecule is CC1CC(NC2CCCN(C)C2)C1. The Kier molecular flexibility index (Phi) is 2.89. The fourth-order valence-electron chi connectivity index (χ4n) is 2.67. The minimum atomic E-state index is 0.774. The second kappa shape index (κ2) is 3.97. The third-order valence-electron chi connectivity index (χ3n) is 3.47. The summed E-state index contributed by atoms with van der Waals surface area (Å²) in [4.78, 5) is 2.45. The molecule has 76 valence electrons. The Morgan fingerprint density at radius 3 is 2.62 bits per heavy atom. The van der Waals surface area contributed by atoms with Gasteiger partial charge in [-0.1, -0.05) is 6.92 Å². The number of hydrogen-bond donors (Lipinski definition) is 1. The summed E-state index contributed by atoms with van der Waals surface area (Å²) < 4.78 is 0. The van der Waals surface area contributed by atoms with E-state index < -0.39 is 0 Å². The van der Waals surface area contributed by atoms with Crippen LogP contribution in [0, 0.1) is 5.92 Å². The topological polar surface area (TPSA) is 15.3 Å².